The Morgan fingerprint density at radius 2 is 1.88 bits per heavy atom. The summed E-state index contributed by atoms with van der Waals surface area (Å²) in [6, 6.07) is 15.5. The van der Waals surface area contributed by atoms with Gasteiger partial charge in [0.25, 0.3) is 0 Å². The number of hydrogen-bond acceptors (Lipinski definition) is 3. The maximum absolute atomic E-state index is 12.7. The maximum atomic E-state index is 12.7. The van der Waals surface area contributed by atoms with Crippen molar-refractivity contribution in [3.8, 4) is 5.75 Å². The highest BCUT2D eigenvalue weighted by Crippen LogP contribution is 2.24. The molecule has 0 saturated heterocycles. The maximum Gasteiger partial charge on any atom is 0.322 e. The van der Waals surface area contributed by atoms with Gasteiger partial charge in [0.15, 0.2) is 0 Å². The Bertz CT molecular complexity index is 919. The fourth-order valence-electron chi connectivity index (χ4n) is 3.28. The average molecular weight is 336 g/mol. The number of carbonyl (C=O) groups excluding carboxylic acids is 1. The molecule has 6 nitrogen and oxygen atoms in total. The van der Waals surface area contributed by atoms with Gasteiger partial charge in [0.05, 0.1) is 23.8 Å². The number of para-hydroxylation sites is 4. The van der Waals surface area contributed by atoms with E-state index >= 15 is 0 Å². The third-order valence-electron chi connectivity index (χ3n) is 4.57. The first-order valence-electron chi connectivity index (χ1n) is 8.39. The Hall–Kier alpha value is -3.02. The highest BCUT2D eigenvalue weighted by molar-refractivity contribution is 5.91. The van der Waals surface area contributed by atoms with Crippen molar-refractivity contribution < 1.29 is 9.53 Å². The number of nitrogens with zero attached hydrogens (tertiary/aromatic N) is 3. The van der Waals surface area contributed by atoms with E-state index in [1.54, 1.807) is 7.11 Å². The third-order valence-corrected chi connectivity index (χ3v) is 4.57. The Morgan fingerprint density at radius 1 is 1.08 bits per heavy atom. The van der Waals surface area contributed by atoms with Gasteiger partial charge in [-0.25, -0.2) is 9.78 Å². The summed E-state index contributed by atoms with van der Waals surface area (Å²) in [5.74, 6) is 1.69. The molecule has 3 aromatic rings. The third kappa shape index (κ3) is 2.91. The van der Waals surface area contributed by atoms with Gasteiger partial charge in [0.1, 0.15) is 11.6 Å². The molecule has 25 heavy (non-hydrogen) atoms. The van der Waals surface area contributed by atoms with E-state index in [0.717, 1.165) is 29.8 Å². The minimum absolute atomic E-state index is 0.112. The fourth-order valence-corrected chi connectivity index (χ4v) is 3.28. The molecule has 128 valence electrons. The van der Waals surface area contributed by atoms with Crippen molar-refractivity contribution in [2.45, 2.75) is 13.0 Å². The second kappa shape index (κ2) is 6.47. The normalized spacial score (nSPS) is 14.0. The number of anilines is 1. The van der Waals surface area contributed by atoms with Gasteiger partial charge in [-0.3, -0.25) is 0 Å². The summed E-state index contributed by atoms with van der Waals surface area (Å²) < 4.78 is 7.51. The molecule has 1 aromatic heterocycles. The van der Waals surface area contributed by atoms with Crippen molar-refractivity contribution in [2.24, 2.45) is 0 Å². The lowest BCUT2D eigenvalue weighted by atomic mass is 10.3. The lowest BCUT2D eigenvalue weighted by Gasteiger charge is -2.21. The van der Waals surface area contributed by atoms with Gasteiger partial charge < -0.3 is 19.5 Å². The molecule has 1 aliphatic rings. The summed E-state index contributed by atoms with van der Waals surface area (Å²) in [6.45, 7) is 2.04. The summed E-state index contributed by atoms with van der Waals surface area (Å²) in [7, 11) is 1.60. The Kier molecular flexibility index (Phi) is 4.01. The van der Waals surface area contributed by atoms with Crippen LogP contribution in [0.1, 0.15) is 5.82 Å². The SMILES string of the molecule is COc1ccccc1NC(=O)N1CCc2nc3ccccc3n2CC1. The van der Waals surface area contributed by atoms with E-state index in [9.17, 15) is 4.79 Å². The van der Waals surface area contributed by atoms with Gasteiger partial charge in [0, 0.05) is 26.1 Å². The van der Waals surface area contributed by atoms with Gasteiger partial charge in [-0.05, 0) is 24.3 Å². The molecule has 1 aliphatic heterocycles. The molecule has 6 heteroatoms. The topological polar surface area (TPSA) is 59.4 Å². The van der Waals surface area contributed by atoms with Crippen LogP contribution in [0.2, 0.25) is 0 Å². The number of imidazole rings is 1. The largest absolute Gasteiger partial charge is 0.495 e. The fraction of sp³-hybridized carbons (Fsp3) is 0.263. The van der Waals surface area contributed by atoms with Crippen LogP contribution < -0.4 is 10.1 Å². The predicted octanol–water partition coefficient (Wildman–Crippen LogP) is 3.14. The molecule has 0 unspecified atom stereocenters. The number of amides is 2. The van der Waals surface area contributed by atoms with Crippen molar-refractivity contribution in [3.63, 3.8) is 0 Å². The number of benzene rings is 2. The number of nitrogens with one attached hydrogen (secondary N) is 1. The molecule has 0 atom stereocenters. The van der Waals surface area contributed by atoms with Gasteiger partial charge >= 0.3 is 6.03 Å². The van der Waals surface area contributed by atoms with E-state index < -0.39 is 0 Å². The van der Waals surface area contributed by atoms with Crippen LogP contribution in [0.25, 0.3) is 11.0 Å². The lowest BCUT2D eigenvalue weighted by molar-refractivity contribution is 0.213. The average Bonchev–Trinajstić information content (AvgIpc) is 2.86. The van der Waals surface area contributed by atoms with E-state index in [0.29, 0.717) is 24.5 Å². The van der Waals surface area contributed by atoms with Crippen LogP contribution in [0.4, 0.5) is 10.5 Å². The first kappa shape index (κ1) is 15.5. The van der Waals surface area contributed by atoms with Crippen molar-refractivity contribution in [1.82, 2.24) is 14.5 Å². The summed E-state index contributed by atoms with van der Waals surface area (Å²) in [6.07, 6.45) is 0.744. The summed E-state index contributed by atoms with van der Waals surface area (Å²) in [4.78, 5) is 19.2. The van der Waals surface area contributed by atoms with Crippen LogP contribution in [0.3, 0.4) is 0 Å². The van der Waals surface area contributed by atoms with E-state index in [1.165, 1.54) is 0 Å². The lowest BCUT2D eigenvalue weighted by Crippen LogP contribution is -2.37. The molecule has 0 bridgehead atoms. The highest BCUT2D eigenvalue weighted by Gasteiger charge is 2.21. The number of rotatable bonds is 2. The molecule has 0 fully saturated rings. The van der Waals surface area contributed by atoms with Crippen molar-refractivity contribution in [3.05, 3.63) is 54.4 Å². The minimum atomic E-state index is -0.112. The Balaban J connectivity index is 1.50. The smallest absolute Gasteiger partial charge is 0.322 e. The van der Waals surface area contributed by atoms with Crippen molar-refractivity contribution in [1.29, 1.82) is 0 Å². The molecular weight excluding hydrogens is 316 g/mol. The molecular formula is C19H20N4O2. The monoisotopic (exact) mass is 336 g/mol. The zero-order valence-electron chi connectivity index (χ0n) is 14.1. The molecule has 2 heterocycles. The van der Waals surface area contributed by atoms with E-state index in [2.05, 4.69) is 16.0 Å². The van der Waals surface area contributed by atoms with Crippen LogP contribution in [-0.2, 0) is 13.0 Å². The predicted molar refractivity (Wildman–Crippen MR) is 97.0 cm³/mol. The van der Waals surface area contributed by atoms with Gasteiger partial charge in [-0.2, -0.15) is 0 Å². The summed E-state index contributed by atoms with van der Waals surface area (Å²) >= 11 is 0. The number of methoxy groups -OCH3 is 1. The van der Waals surface area contributed by atoms with Crippen LogP contribution in [-0.4, -0.2) is 40.7 Å². The summed E-state index contributed by atoms with van der Waals surface area (Å²) in [5, 5.41) is 2.95. The number of fused-ring (bicyclic) bond motifs is 3. The number of carbonyl (C=O) groups is 1. The molecule has 2 amide bonds. The van der Waals surface area contributed by atoms with Crippen LogP contribution >= 0.6 is 0 Å². The molecule has 0 spiro atoms. The Labute approximate surface area is 146 Å². The van der Waals surface area contributed by atoms with Crippen LogP contribution in [0, 0.1) is 0 Å². The number of aromatic nitrogens is 2. The second-order valence-electron chi connectivity index (χ2n) is 6.04. The Morgan fingerprint density at radius 3 is 2.76 bits per heavy atom. The van der Waals surface area contributed by atoms with Crippen molar-refractivity contribution in [2.75, 3.05) is 25.5 Å². The highest BCUT2D eigenvalue weighted by atomic mass is 16.5. The van der Waals surface area contributed by atoms with Gasteiger partial charge in [-0.15, -0.1) is 0 Å². The standard InChI is InChI=1S/C19H20N4O2/c1-25-17-9-5-3-7-15(17)21-19(24)22-11-10-18-20-14-6-2-4-8-16(14)23(18)13-12-22/h2-9H,10-13H2,1H3,(H,21,24). The van der Waals surface area contributed by atoms with Crippen LogP contribution in [0.5, 0.6) is 5.75 Å². The first-order chi connectivity index (χ1) is 12.3. The zero-order valence-corrected chi connectivity index (χ0v) is 14.1. The molecule has 0 saturated carbocycles. The molecule has 2 aromatic carbocycles. The first-order valence-corrected chi connectivity index (χ1v) is 8.39. The van der Waals surface area contributed by atoms with E-state index in [4.69, 9.17) is 9.72 Å². The number of urea groups is 1. The molecule has 4 rings (SSSR count). The quantitative estimate of drug-likeness (QED) is 0.782. The second-order valence-corrected chi connectivity index (χ2v) is 6.04. The van der Waals surface area contributed by atoms with Crippen LogP contribution in [0.15, 0.2) is 48.5 Å². The van der Waals surface area contributed by atoms with E-state index in [1.807, 2.05) is 47.4 Å². The number of ether oxygens (including phenoxy) is 1. The van der Waals surface area contributed by atoms with Gasteiger partial charge in [0.2, 0.25) is 0 Å². The van der Waals surface area contributed by atoms with E-state index in [-0.39, 0.29) is 6.03 Å². The zero-order chi connectivity index (χ0) is 17.2. The van der Waals surface area contributed by atoms with Gasteiger partial charge in [-0.1, -0.05) is 24.3 Å². The molecule has 0 aliphatic carbocycles. The minimum Gasteiger partial charge on any atom is -0.495 e. The van der Waals surface area contributed by atoms with Crippen molar-refractivity contribution >= 4 is 22.8 Å². The summed E-state index contributed by atoms with van der Waals surface area (Å²) in [5.41, 5.74) is 2.83. The number of hydrogen-bond donors (Lipinski definition) is 1. The molecule has 0 radical (unpaired) electrons. The molecule has 1 N–H and O–H groups in total.